The molecular formula is C15H20FN3O. The van der Waals surface area contributed by atoms with Gasteiger partial charge >= 0.3 is 0 Å². The third-order valence-corrected chi connectivity index (χ3v) is 2.89. The van der Waals surface area contributed by atoms with Crippen LogP contribution in [0.1, 0.15) is 32.2 Å². The smallest absolute Gasteiger partial charge is 0.228 e. The molecule has 5 heteroatoms. The zero-order valence-corrected chi connectivity index (χ0v) is 12.3. The monoisotopic (exact) mass is 277 g/mol. The van der Waals surface area contributed by atoms with Crippen molar-refractivity contribution in [2.24, 2.45) is 0 Å². The molecule has 0 saturated carbocycles. The van der Waals surface area contributed by atoms with Crippen molar-refractivity contribution < 1.29 is 8.91 Å². The molecule has 2 rings (SSSR count). The van der Waals surface area contributed by atoms with Crippen LogP contribution in [0.4, 0.5) is 4.39 Å². The third-order valence-electron chi connectivity index (χ3n) is 2.89. The van der Waals surface area contributed by atoms with Crippen molar-refractivity contribution in [3.8, 4) is 11.4 Å². The van der Waals surface area contributed by atoms with Gasteiger partial charge in [0.25, 0.3) is 0 Å². The number of benzene rings is 1. The summed E-state index contributed by atoms with van der Waals surface area (Å²) in [5.41, 5.74) is 1.66. The molecule has 4 nitrogen and oxygen atoms in total. The van der Waals surface area contributed by atoms with Crippen LogP contribution in [-0.2, 0) is 6.42 Å². The lowest BCUT2D eigenvalue weighted by Crippen LogP contribution is -2.37. The molecule has 2 aromatic rings. The number of nitrogens with one attached hydrogen (secondary N) is 1. The van der Waals surface area contributed by atoms with Crippen molar-refractivity contribution in [1.82, 2.24) is 15.5 Å². The lowest BCUT2D eigenvalue weighted by Gasteiger charge is -2.19. The van der Waals surface area contributed by atoms with Crippen molar-refractivity contribution in [2.75, 3.05) is 6.54 Å². The van der Waals surface area contributed by atoms with E-state index in [2.05, 4.69) is 36.2 Å². The first kappa shape index (κ1) is 14.7. The molecule has 0 unspecified atom stereocenters. The Kier molecular flexibility index (Phi) is 4.18. The average molecular weight is 277 g/mol. The fourth-order valence-corrected chi connectivity index (χ4v) is 1.89. The quantitative estimate of drug-likeness (QED) is 0.933. The maximum Gasteiger partial charge on any atom is 0.228 e. The van der Waals surface area contributed by atoms with E-state index in [9.17, 15) is 4.39 Å². The van der Waals surface area contributed by atoms with Gasteiger partial charge in [0.2, 0.25) is 11.7 Å². The van der Waals surface area contributed by atoms with Gasteiger partial charge in [0.1, 0.15) is 5.82 Å². The Morgan fingerprint density at radius 1 is 1.30 bits per heavy atom. The van der Waals surface area contributed by atoms with Gasteiger partial charge in [-0.3, -0.25) is 0 Å². The van der Waals surface area contributed by atoms with E-state index in [0.29, 0.717) is 18.1 Å². The van der Waals surface area contributed by atoms with Crippen LogP contribution in [0.3, 0.4) is 0 Å². The summed E-state index contributed by atoms with van der Waals surface area (Å²) in [6.07, 6.45) is 0.671. The molecule has 0 aliphatic carbocycles. The van der Waals surface area contributed by atoms with E-state index < -0.39 is 0 Å². The summed E-state index contributed by atoms with van der Waals surface area (Å²) in [6.45, 7) is 8.92. The first-order valence-electron chi connectivity index (χ1n) is 6.69. The summed E-state index contributed by atoms with van der Waals surface area (Å²) in [5.74, 6) is 0.832. The fourth-order valence-electron chi connectivity index (χ4n) is 1.89. The number of aromatic nitrogens is 2. The van der Waals surface area contributed by atoms with Gasteiger partial charge in [-0.1, -0.05) is 5.16 Å². The number of hydrogen-bond acceptors (Lipinski definition) is 4. The molecule has 0 saturated heterocycles. The van der Waals surface area contributed by atoms with Crippen LogP contribution in [-0.4, -0.2) is 22.2 Å². The predicted octanol–water partition coefficient (Wildman–Crippen LogP) is 3.11. The standard InChI is InChI=1S/C15H20FN3O/c1-10-9-11(16)5-6-12(10)14-18-13(20-19-14)7-8-17-15(2,3)4/h5-6,9,17H,7-8H2,1-4H3. The van der Waals surface area contributed by atoms with Gasteiger partial charge in [-0.2, -0.15) is 4.98 Å². The van der Waals surface area contributed by atoms with Crippen molar-refractivity contribution in [2.45, 2.75) is 39.7 Å². The molecule has 0 bridgehead atoms. The van der Waals surface area contributed by atoms with Crippen molar-refractivity contribution in [1.29, 1.82) is 0 Å². The molecule has 1 N–H and O–H groups in total. The Hall–Kier alpha value is -1.75. The van der Waals surface area contributed by atoms with Gasteiger partial charge in [0.15, 0.2) is 0 Å². The van der Waals surface area contributed by atoms with E-state index in [1.54, 1.807) is 6.07 Å². The van der Waals surface area contributed by atoms with E-state index in [0.717, 1.165) is 17.7 Å². The Balaban J connectivity index is 2.05. The largest absolute Gasteiger partial charge is 0.339 e. The van der Waals surface area contributed by atoms with E-state index in [1.807, 2.05) is 6.92 Å². The lowest BCUT2D eigenvalue weighted by atomic mass is 10.1. The number of rotatable bonds is 4. The minimum absolute atomic E-state index is 0.0659. The highest BCUT2D eigenvalue weighted by molar-refractivity contribution is 5.59. The Morgan fingerprint density at radius 3 is 2.70 bits per heavy atom. The molecule has 0 amide bonds. The lowest BCUT2D eigenvalue weighted by molar-refractivity contribution is 0.362. The zero-order valence-electron chi connectivity index (χ0n) is 12.3. The third kappa shape index (κ3) is 3.87. The van der Waals surface area contributed by atoms with Gasteiger partial charge < -0.3 is 9.84 Å². The minimum Gasteiger partial charge on any atom is -0.339 e. The van der Waals surface area contributed by atoms with Crippen LogP contribution in [0, 0.1) is 12.7 Å². The molecule has 1 heterocycles. The molecule has 20 heavy (non-hydrogen) atoms. The van der Waals surface area contributed by atoms with Gasteiger partial charge in [0.05, 0.1) is 0 Å². The average Bonchev–Trinajstić information content (AvgIpc) is 2.75. The van der Waals surface area contributed by atoms with E-state index in [1.165, 1.54) is 12.1 Å². The van der Waals surface area contributed by atoms with E-state index in [4.69, 9.17) is 4.52 Å². The minimum atomic E-state index is -0.260. The van der Waals surface area contributed by atoms with Crippen LogP contribution in [0.2, 0.25) is 0 Å². The topological polar surface area (TPSA) is 51.0 Å². The van der Waals surface area contributed by atoms with Crippen LogP contribution in [0.25, 0.3) is 11.4 Å². The molecule has 0 radical (unpaired) electrons. The van der Waals surface area contributed by atoms with Gasteiger partial charge in [0, 0.05) is 24.1 Å². The Bertz CT molecular complexity index is 587. The fraction of sp³-hybridized carbons (Fsp3) is 0.467. The van der Waals surface area contributed by atoms with Crippen LogP contribution in [0.5, 0.6) is 0 Å². The molecule has 0 atom stereocenters. The van der Waals surface area contributed by atoms with E-state index >= 15 is 0 Å². The van der Waals surface area contributed by atoms with Crippen LogP contribution in [0.15, 0.2) is 22.7 Å². The number of halogens is 1. The number of hydrogen-bond donors (Lipinski definition) is 1. The predicted molar refractivity (Wildman–Crippen MR) is 75.9 cm³/mol. The van der Waals surface area contributed by atoms with Gasteiger partial charge in [-0.25, -0.2) is 4.39 Å². The normalized spacial score (nSPS) is 11.8. The molecule has 0 spiro atoms. The molecule has 0 fully saturated rings. The highest BCUT2D eigenvalue weighted by atomic mass is 19.1. The summed E-state index contributed by atoms with van der Waals surface area (Å²) in [6, 6.07) is 4.54. The van der Waals surface area contributed by atoms with Crippen molar-refractivity contribution >= 4 is 0 Å². The summed E-state index contributed by atoms with van der Waals surface area (Å²) in [5, 5.41) is 7.32. The van der Waals surface area contributed by atoms with Gasteiger partial charge in [-0.05, 0) is 51.5 Å². The van der Waals surface area contributed by atoms with E-state index in [-0.39, 0.29) is 11.4 Å². The van der Waals surface area contributed by atoms with Crippen molar-refractivity contribution in [3.05, 3.63) is 35.5 Å². The number of nitrogens with zero attached hydrogens (tertiary/aromatic N) is 2. The zero-order chi connectivity index (χ0) is 14.8. The molecule has 0 aliphatic heterocycles. The summed E-state index contributed by atoms with van der Waals surface area (Å²) in [7, 11) is 0. The molecule has 1 aromatic heterocycles. The maximum atomic E-state index is 13.1. The van der Waals surface area contributed by atoms with Crippen LogP contribution < -0.4 is 5.32 Å². The maximum absolute atomic E-state index is 13.1. The SMILES string of the molecule is Cc1cc(F)ccc1-c1noc(CCNC(C)(C)C)n1. The molecule has 0 aliphatic rings. The molecular weight excluding hydrogens is 257 g/mol. The molecule has 1 aromatic carbocycles. The molecule has 108 valence electrons. The van der Waals surface area contributed by atoms with Crippen LogP contribution >= 0.6 is 0 Å². The summed E-state index contributed by atoms with van der Waals surface area (Å²) >= 11 is 0. The Morgan fingerprint density at radius 2 is 2.05 bits per heavy atom. The highest BCUT2D eigenvalue weighted by Gasteiger charge is 2.13. The first-order chi connectivity index (χ1) is 9.35. The Labute approximate surface area is 118 Å². The first-order valence-corrected chi connectivity index (χ1v) is 6.69. The second kappa shape index (κ2) is 5.71. The van der Waals surface area contributed by atoms with Crippen molar-refractivity contribution in [3.63, 3.8) is 0 Å². The second-order valence-corrected chi connectivity index (χ2v) is 5.90. The van der Waals surface area contributed by atoms with Gasteiger partial charge in [-0.15, -0.1) is 0 Å². The number of aryl methyl sites for hydroxylation is 1. The second-order valence-electron chi connectivity index (χ2n) is 5.90. The summed E-state index contributed by atoms with van der Waals surface area (Å²) < 4.78 is 18.3. The highest BCUT2D eigenvalue weighted by Crippen LogP contribution is 2.21. The summed E-state index contributed by atoms with van der Waals surface area (Å²) in [4.78, 5) is 4.35.